The molecule has 0 aromatic carbocycles. The molecule has 0 radical (unpaired) electrons. The van der Waals surface area contributed by atoms with Gasteiger partial charge in [-0.3, -0.25) is 9.69 Å². The van der Waals surface area contributed by atoms with Gasteiger partial charge in [0.25, 0.3) is 0 Å². The highest BCUT2D eigenvalue weighted by atomic mass is 16.2. The molecule has 1 amide bonds. The standard InChI is InChI=1S/C29H47N9O/c30-24(19-22-20-31-21-34-22)28(39)32-14-12-26-25(11-8-18-38(26)23-9-4-3-5-10-23)35-29-33-15-13-27(36-29)37-16-6-1-2-7-17-37/h13,15,20-21,23-26H,1-12,14,16-19,30H2,(H,31,34)(H,32,39)(H,33,35,36)/t24-,25-,26+/m0/s1. The van der Waals surface area contributed by atoms with Gasteiger partial charge in [0.15, 0.2) is 0 Å². The Balaban J connectivity index is 1.24. The summed E-state index contributed by atoms with van der Waals surface area (Å²) in [6, 6.07) is 2.63. The second kappa shape index (κ2) is 14.1. The Morgan fingerprint density at radius 2 is 1.82 bits per heavy atom. The van der Waals surface area contributed by atoms with Gasteiger partial charge in [-0.15, -0.1) is 0 Å². The highest BCUT2D eigenvalue weighted by Crippen LogP contribution is 2.31. The number of nitrogens with two attached hydrogens (primary N) is 1. The number of amides is 1. The number of carbonyl (C=O) groups is 1. The molecule has 1 aliphatic carbocycles. The number of likely N-dealkylation sites (tertiary alicyclic amines) is 1. The van der Waals surface area contributed by atoms with E-state index in [0.29, 0.717) is 25.0 Å². The Hall–Kier alpha value is -2.72. The number of H-pyrrole nitrogens is 1. The number of nitrogens with one attached hydrogen (secondary N) is 3. The van der Waals surface area contributed by atoms with Gasteiger partial charge in [-0.25, -0.2) is 9.97 Å². The average Bonchev–Trinajstić information content (AvgIpc) is 3.32. The Morgan fingerprint density at radius 1 is 1.03 bits per heavy atom. The van der Waals surface area contributed by atoms with E-state index >= 15 is 0 Å². The van der Waals surface area contributed by atoms with Gasteiger partial charge in [-0.05, 0) is 57.6 Å². The molecule has 2 aromatic heterocycles. The molecule has 3 aliphatic rings. The Morgan fingerprint density at radius 3 is 2.59 bits per heavy atom. The fraction of sp³-hybridized carbons (Fsp3) is 0.724. The lowest BCUT2D eigenvalue weighted by molar-refractivity contribution is -0.122. The lowest BCUT2D eigenvalue weighted by atomic mass is 9.87. The first-order chi connectivity index (χ1) is 19.2. The third-order valence-electron chi connectivity index (χ3n) is 8.81. The quantitative estimate of drug-likeness (QED) is 0.364. The van der Waals surface area contributed by atoms with Gasteiger partial charge in [-0.1, -0.05) is 32.1 Å². The van der Waals surface area contributed by atoms with E-state index < -0.39 is 6.04 Å². The first kappa shape index (κ1) is 27.8. The molecular formula is C29H47N9O. The molecule has 2 aromatic rings. The molecule has 5 rings (SSSR count). The van der Waals surface area contributed by atoms with E-state index in [-0.39, 0.29) is 11.9 Å². The highest BCUT2D eigenvalue weighted by molar-refractivity contribution is 5.81. The third kappa shape index (κ3) is 7.69. The van der Waals surface area contributed by atoms with Crippen molar-refractivity contribution < 1.29 is 4.79 Å². The van der Waals surface area contributed by atoms with Crippen LogP contribution in [0.3, 0.4) is 0 Å². The van der Waals surface area contributed by atoms with Crippen LogP contribution < -0.4 is 21.3 Å². The van der Waals surface area contributed by atoms with E-state index in [2.05, 4.69) is 35.4 Å². The summed E-state index contributed by atoms with van der Waals surface area (Å²) in [7, 11) is 0. The number of imidazole rings is 1. The smallest absolute Gasteiger partial charge is 0.237 e. The molecule has 2 aliphatic heterocycles. The van der Waals surface area contributed by atoms with Crippen LogP contribution in [0.5, 0.6) is 0 Å². The molecule has 3 fully saturated rings. The number of rotatable bonds is 10. The van der Waals surface area contributed by atoms with Crippen molar-refractivity contribution in [2.75, 3.05) is 36.4 Å². The minimum Gasteiger partial charge on any atom is -0.356 e. The molecule has 10 nitrogen and oxygen atoms in total. The number of hydrogen-bond donors (Lipinski definition) is 4. The zero-order valence-corrected chi connectivity index (χ0v) is 23.4. The summed E-state index contributed by atoms with van der Waals surface area (Å²) in [6.07, 6.45) is 20.4. The molecule has 0 spiro atoms. The number of piperidine rings is 1. The molecule has 2 saturated heterocycles. The van der Waals surface area contributed by atoms with Crippen LogP contribution >= 0.6 is 0 Å². The summed E-state index contributed by atoms with van der Waals surface area (Å²) in [5, 5.41) is 6.86. The third-order valence-corrected chi connectivity index (χ3v) is 8.81. The fourth-order valence-corrected chi connectivity index (χ4v) is 6.74. The van der Waals surface area contributed by atoms with Crippen molar-refractivity contribution in [3.05, 3.63) is 30.5 Å². The van der Waals surface area contributed by atoms with Crippen molar-refractivity contribution in [2.45, 2.75) is 108 Å². The topological polar surface area (TPSA) is 128 Å². The number of carbonyl (C=O) groups excluding carboxylic acids is 1. The van der Waals surface area contributed by atoms with Crippen LogP contribution in [0.1, 0.15) is 82.7 Å². The van der Waals surface area contributed by atoms with Crippen molar-refractivity contribution in [3.63, 3.8) is 0 Å². The monoisotopic (exact) mass is 537 g/mol. The van der Waals surface area contributed by atoms with Crippen LogP contribution in [0.4, 0.5) is 11.8 Å². The minimum atomic E-state index is -0.599. The predicted molar refractivity (Wildman–Crippen MR) is 155 cm³/mol. The van der Waals surface area contributed by atoms with Gasteiger partial charge >= 0.3 is 0 Å². The molecule has 5 N–H and O–H groups in total. The molecule has 0 unspecified atom stereocenters. The van der Waals surface area contributed by atoms with Crippen LogP contribution in [-0.2, 0) is 11.2 Å². The number of aromatic amines is 1. The van der Waals surface area contributed by atoms with Crippen LogP contribution in [0, 0.1) is 0 Å². The van der Waals surface area contributed by atoms with Gasteiger partial charge in [0.2, 0.25) is 11.9 Å². The largest absolute Gasteiger partial charge is 0.356 e. The van der Waals surface area contributed by atoms with Crippen molar-refractivity contribution in [3.8, 4) is 0 Å². The summed E-state index contributed by atoms with van der Waals surface area (Å²) in [6.45, 7) is 3.86. The molecule has 0 bridgehead atoms. The van der Waals surface area contributed by atoms with Gasteiger partial charge in [0, 0.05) is 56.6 Å². The summed E-state index contributed by atoms with van der Waals surface area (Å²) in [5.74, 6) is 1.64. The van der Waals surface area contributed by atoms with E-state index in [1.165, 1.54) is 57.8 Å². The Labute approximate surface area is 232 Å². The van der Waals surface area contributed by atoms with Crippen LogP contribution in [0.25, 0.3) is 0 Å². The minimum absolute atomic E-state index is 0.115. The van der Waals surface area contributed by atoms with Crippen LogP contribution in [0.15, 0.2) is 24.8 Å². The molecule has 10 heteroatoms. The van der Waals surface area contributed by atoms with E-state index in [1.54, 1.807) is 12.5 Å². The molecule has 3 atom stereocenters. The zero-order chi connectivity index (χ0) is 26.9. The lowest BCUT2D eigenvalue weighted by Crippen LogP contribution is -2.56. The maximum absolute atomic E-state index is 12.8. The zero-order valence-electron chi connectivity index (χ0n) is 23.4. The van der Waals surface area contributed by atoms with E-state index in [1.807, 2.05) is 12.3 Å². The number of aromatic nitrogens is 4. The summed E-state index contributed by atoms with van der Waals surface area (Å²) >= 11 is 0. The summed E-state index contributed by atoms with van der Waals surface area (Å²) in [5.41, 5.74) is 6.98. The van der Waals surface area contributed by atoms with Crippen molar-refractivity contribution >= 4 is 17.7 Å². The number of nitrogens with zero attached hydrogens (tertiary/aromatic N) is 5. The summed E-state index contributed by atoms with van der Waals surface area (Å²) < 4.78 is 0. The summed E-state index contributed by atoms with van der Waals surface area (Å²) in [4.78, 5) is 34.6. The molecule has 4 heterocycles. The Kier molecular flexibility index (Phi) is 10.0. The second-order valence-corrected chi connectivity index (χ2v) is 11.6. The normalized spacial score (nSPS) is 24.2. The molecular weight excluding hydrogens is 490 g/mol. The maximum Gasteiger partial charge on any atom is 0.237 e. The number of hydrogen-bond acceptors (Lipinski definition) is 8. The Bertz CT molecular complexity index is 1000. The lowest BCUT2D eigenvalue weighted by Gasteiger charge is -2.47. The second-order valence-electron chi connectivity index (χ2n) is 11.6. The van der Waals surface area contributed by atoms with Crippen molar-refractivity contribution in [1.82, 2.24) is 30.2 Å². The van der Waals surface area contributed by atoms with Crippen LogP contribution in [-0.4, -0.2) is 81.1 Å². The van der Waals surface area contributed by atoms with Gasteiger partial charge in [0.05, 0.1) is 18.1 Å². The van der Waals surface area contributed by atoms with Crippen molar-refractivity contribution in [1.29, 1.82) is 0 Å². The van der Waals surface area contributed by atoms with E-state index in [0.717, 1.165) is 56.4 Å². The molecule has 1 saturated carbocycles. The van der Waals surface area contributed by atoms with E-state index in [4.69, 9.17) is 10.7 Å². The van der Waals surface area contributed by atoms with Gasteiger partial charge in [0.1, 0.15) is 5.82 Å². The first-order valence-corrected chi connectivity index (χ1v) is 15.3. The maximum atomic E-state index is 12.8. The van der Waals surface area contributed by atoms with Gasteiger partial charge < -0.3 is 26.3 Å². The predicted octanol–water partition coefficient (Wildman–Crippen LogP) is 3.23. The molecule has 39 heavy (non-hydrogen) atoms. The average molecular weight is 538 g/mol. The highest BCUT2D eigenvalue weighted by Gasteiger charge is 2.36. The van der Waals surface area contributed by atoms with E-state index in [9.17, 15) is 4.79 Å². The first-order valence-electron chi connectivity index (χ1n) is 15.3. The number of anilines is 2. The van der Waals surface area contributed by atoms with Crippen molar-refractivity contribution in [2.24, 2.45) is 5.73 Å². The van der Waals surface area contributed by atoms with Gasteiger partial charge in [-0.2, -0.15) is 4.98 Å². The van der Waals surface area contributed by atoms with Crippen LogP contribution in [0.2, 0.25) is 0 Å². The fourth-order valence-electron chi connectivity index (χ4n) is 6.74. The SMILES string of the molecule is N[C@@H](Cc1c[nH]cn1)C(=O)NCC[C@@H]1[C@@H](Nc2nccc(N3CCCCCC3)n2)CCCN1C1CCCCC1. The molecule has 214 valence electrons.